The van der Waals surface area contributed by atoms with Gasteiger partial charge < -0.3 is 4.74 Å². The van der Waals surface area contributed by atoms with Crippen molar-refractivity contribution in [2.75, 3.05) is 6.61 Å². The van der Waals surface area contributed by atoms with Gasteiger partial charge in [0.1, 0.15) is 6.07 Å². The molecule has 0 fully saturated rings. The number of hydrogen-bond donors (Lipinski definition) is 0. The highest BCUT2D eigenvalue weighted by Crippen LogP contribution is 2.23. The Morgan fingerprint density at radius 1 is 1.62 bits per heavy atom. The largest absolute Gasteiger partial charge is 0.466 e. The molecule has 0 atom stereocenters. The quantitative estimate of drug-likeness (QED) is 0.623. The van der Waals surface area contributed by atoms with Gasteiger partial charge in [-0.2, -0.15) is 5.26 Å². The van der Waals surface area contributed by atoms with Crippen molar-refractivity contribution in [3.8, 4) is 6.07 Å². The molecule has 0 aliphatic carbocycles. The van der Waals surface area contributed by atoms with Crippen molar-refractivity contribution in [1.82, 2.24) is 0 Å². The molecule has 1 aromatic rings. The number of benzene rings is 1. The fourth-order valence-corrected chi connectivity index (χ4v) is 2.41. The number of rotatable bonds is 3. The molecule has 0 aliphatic rings. The van der Waals surface area contributed by atoms with E-state index in [0.717, 1.165) is 3.57 Å². The Labute approximate surface area is 112 Å². The summed E-state index contributed by atoms with van der Waals surface area (Å²) in [6, 6.07) is 5.45. The molecule has 0 aromatic heterocycles. The van der Waals surface area contributed by atoms with E-state index in [-0.39, 0.29) is 12.4 Å². The van der Waals surface area contributed by atoms with Gasteiger partial charge in [0.25, 0.3) is 0 Å². The fourth-order valence-electron chi connectivity index (χ4n) is 1.26. The first-order chi connectivity index (χ1) is 7.58. The zero-order valence-electron chi connectivity index (χ0n) is 8.59. The van der Waals surface area contributed by atoms with E-state index >= 15 is 0 Å². The monoisotopic (exact) mass is 349 g/mol. The van der Waals surface area contributed by atoms with E-state index in [2.05, 4.69) is 22.6 Å². The van der Waals surface area contributed by atoms with Gasteiger partial charge in [-0.3, -0.25) is 4.79 Å². The van der Waals surface area contributed by atoms with E-state index in [1.165, 1.54) is 0 Å². The van der Waals surface area contributed by atoms with Crippen LogP contribution in [0.15, 0.2) is 12.1 Å². The van der Waals surface area contributed by atoms with Crippen molar-refractivity contribution in [2.24, 2.45) is 0 Å². The highest BCUT2D eigenvalue weighted by molar-refractivity contribution is 14.1. The molecule has 16 heavy (non-hydrogen) atoms. The summed E-state index contributed by atoms with van der Waals surface area (Å²) in [5.74, 6) is -0.350. The van der Waals surface area contributed by atoms with E-state index in [1.54, 1.807) is 19.1 Å². The van der Waals surface area contributed by atoms with Gasteiger partial charge in [0.05, 0.1) is 23.6 Å². The van der Waals surface area contributed by atoms with E-state index in [0.29, 0.717) is 22.8 Å². The molecule has 1 aromatic carbocycles. The number of hydrogen-bond acceptors (Lipinski definition) is 3. The Balaban J connectivity index is 3.04. The Morgan fingerprint density at radius 2 is 2.31 bits per heavy atom. The van der Waals surface area contributed by atoms with Crippen LogP contribution in [-0.2, 0) is 16.0 Å². The van der Waals surface area contributed by atoms with E-state index in [4.69, 9.17) is 21.6 Å². The fraction of sp³-hybridized carbons (Fsp3) is 0.273. The highest BCUT2D eigenvalue weighted by atomic mass is 127. The summed E-state index contributed by atoms with van der Waals surface area (Å²) in [7, 11) is 0. The molecule has 0 spiro atoms. The van der Waals surface area contributed by atoms with Crippen molar-refractivity contribution >= 4 is 40.2 Å². The second-order valence-electron chi connectivity index (χ2n) is 3.02. The van der Waals surface area contributed by atoms with Crippen LogP contribution < -0.4 is 0 Å². The number of nitrogens with zero attached hydrogens (tertiary/aromatic N) is 1. The third-order valence-electron chi connectivity index (χ3n) is 1.89. The maximum Gasteiger partial charge on any atom is 0.310 e. The molecular weight excluding hydrogens is 340 g/mol. The molecule has 3 nitrogen and oxygen atoms in total. The first kappa shape index (κ1) is 13.3. The maximum atomic E-state index is 11.3. The minimum absolute atomic E-state index is 0.0767. The highest BCUT2D eigenvalue weighted by Gasteiger charge is 2.12. The van der Waals surface area contributed by atoms with E-state index in [1.807, 2.05) is 6.07 Å². The van der Waals surface area contributed by atoms with Crippen LogP contribution in [0.4, 0.5) is 0 Å². The summed E-state index contributed by atoms with van der Waals surface area (Å²) >= 11 is 8.00. The van der Waals surface area contributed by atoms with Crippen LogP contribution in [-0.4, -0.2) is 12.6 Å². The van der Waals surface area contributed by atoms with Crippen molar-refractivity contribution in [2.45, 2.75) is 13.3 Å². The van der Waals surface area contributed by atoms with Crippen LogP contribution in [0.5, 0.6) is 0 Å². The smallest absolute Gasteiger partial charge is 0.310 e. The molecule has 0 saturated heterocycles. The number of carbonyl (C=O) groups is 1. The van der Waals surface area contributed by atoms with Crippen LogP contribution in [0, 0.1) is 14.9 Å². The van der Waals surface area contributed by atoms with Gasteiger partial charge in [-0.1, -0.05) is 11.6 Å². The summed E-state index contributed by atoms with van der Waals surface area (Å²) in [5.41, 5.74) is 0.952. The van der Waals surface area contributed by atoms with Crippen molar-refractivity contribution in [3.63, 3.8) is 0 Å². The number of ether oxygens (including phenoxy) is 1. The first-order valence-corrected chi connectivity index (χ1v) is 6.07. The Kier molecular flexibility index (Phi) is 5.03. The second kappa shape index (κ2) is 6.06. The van der Waals surface area contributed by atoms with Gasteiger partial charge in [-0.25, -0.2) is 0 Å². The molecule has 84 valence electrons. The molecule has 0 saturated carbocycles. The van der Waals surface area contributed by atoms with Gasteiger partial charge in [0, 0.05) is 3.57 Å². The van der Waals surface area contributed by atoms with Gasteiger partial charge in [-0.05, 0) is 47.2 Å². The number of esters is 1. The molecule has 0 aliphatic heterocycles. The predicted octanol–water partition coefficient (Wildman–Crippen LogP) is 2.92. The summed E-state index contributed by atoms with van der Waals surface area (Å²) in [6.07, 6.45) is 0.0767. The molecule has 0 radical (unpaired) electrons. The van der Waals surface area contributed by atoms with Crippen LogP contribution in [0.25, 0.3) is 0 Å². The molecule has 0 amide bonds. The topological polar surface area (TPSA) is 50.1 Å². The lowest BCUT2D eigenvalue weighted by Gasteiger charge is -2.06. The van der Waals surface area contributed by atoms with Gasteiger partial charge in [0.2, 0.25) is 0 Å². The average molecular weight is 350 g/mol. The third kappa shape index (κ3) is 3.35. The Bertz CT molecular complexity index is 454. The van der Waals surface area contributed by atoms with Crippen molar-refractivity contribution in [3.05, 3.63) is 31.9 Å². The molecule has 0 bridgehead atoms. The van der Waals surface area contributed by atoms with Crippen LogP contribution >= 0.6 is 34.2 Å². The molecule has 1 rings (SSSR count). The minimum atomic E-state index is -0.350. The standard InChI is InChI=1S/C11H9ClINO2/c1-2-16-11(15)4-7-3-8(13)5-10(12)9(7)6-14/h3,5H,2,4H2,1H3. The van der Waals surface area contributed by atoms with Crippen molar-refractivity contribution < 1.29 is 9.53 Å². The molecule has 0 heterocycles. The van der Waals surface area contributed by atoms with Crippen LogP contribution in [0.3, 0.4) is 0 Å². The Morgan fingerprint density at radius 3 is 2.88 bits per heavy atom. The van der Waals surface area contributed by atoms with Crippen LogP contribution in [0.2, 0.25) is 5.02 Å². The van der Waals surface area contributed by atoms with Crippen LogP contribution in [0.1, 0.15) is 18.1 Å². The summed E-state index contributed by atoms with van der Waals surface area (Å²) in [4.78, 5) is 11.3. The van der Waals surface area contributed by atoms with Gasteiger partial charge in [0.15, 0.2) is 0 Å². The lowest BCUT2D eigenvalue weighted by molar-refractivity contribution is -0.142. The summed E-state index contributed by atoms with van der Waals surface area (Å²) < 4.78 is 5.72. The number of carbonyl (C=O) groups excluding carboxylic acids is 1. The Hall–Kier alpha value is -0.800. The lowest BCUT2D eigenvalue weighted by Crippen LogP contribution is -2.09. The third-order valence-corrected chi connectivity index (χ3v) is 2.81. The second-order valence-corrected chi connectivity index (χ2v) is 4.67. The van der Waals surface area contributed by atoms with Gasteiger partial charge >= 0.3 is 5.97 Å². The zero-order valence-corrected chi connectivity index (χ0v) is 11.5. The first-order valence-electron chi connectivity index (χ1n) is 4.62. The molecule has 0 N–H and O–H groups in total. The van der Waals surface area contributed by atoms with E-state index in [9.17, 15) is 4.79 Å². The molecule has 0 unspecified atom stereocenters. The zero-order chi connectivity index (χ0) is 12.1. The van der Waals surface area contributed by atoms with E-state index < -0.39 is 0 Å². The average Bonchev–Trinajstić information content (AvgIpc) is 2.17. The normalized spacial score (nSPS) is 9.62. The van der Waals surface area contributed by atoms with Gasteiger partial charge in [-0.15, -0.1) is 0 Å². The maximum absolute atomic E-state index is 11.3. The molecule has 5 heteroatoms. The number of nitriles is 1. The summed E-state index contributed by atoms with van der Waals surface area (Å²) in [6.45, 7) is 2.07. The predicted molar refractivity (Wildman–Crippen MR) is 69.2 cm³/mol. The minimum Gasteiger partial charge on any atom is -0.466 e. The lowest BCUT2D eigenvalue weighted by atomic mass is 10.1. The molecular formula is C11H9ClINO2. The SMILES string of the molecule is CCOC(=O)Cc1cc(I)cc(Cl)c1C#N. The summed E-state index contributed by atoms with van der Waals surface area (Å²) in [5, 5.41) is 9.31. The number of halogens is 2. The van der Waals surface area contributed by atoms with Crippen molar-refractivity contribution in [1.29, 1.82) is 5.26 Å².